The van der Waals surface area contributed by atoms with Gasteiger partial charge >= 0.3 is 0 Å². The first-order chi connectivity index (χ1) is 9.60. The van der Waals surface area contributed by atoms with Gasteiger partial charge in [-0.2, -0.15) is 0 Å². The Hall–Kier alpha value is -0.740. The van der Waals surface area contributed by atoms with E-state index >= 15 is 0 Å². The monoisotopic (exact) mass is 314 g/mol. The topological polar surface area (TPSA) is 33.9 Å². The molecule has 1 aromatic rings. The fourth-order valence-electron chi connectivity index (χ4n) is 3.31. The maximum Gasteiger partial charge on any atom is 0.144 e. The first-order valence-corrected chi connectivity index (χ1v) is 7.63. The van der Waals surface area contributed by atoms with Gasteiger partial charge < -0.3 is 14.7 Å². The van der Waals surface area contributed by atoms with Gasteiger partial charge in [-0.25, -0.2) is 0 Å². The maximum absolute atomic E-state index is 10.4. The standard InChI is InChI=1S/C15H17Cl2NO2/c1-20-15-10(6-11(16)8-12(15)17)7-13-14(19)9-2-4-18(13)5-3-9/h6-9,14,19H,2-5H2,1H3/p+1/b13-7-/t14-/m1/s1. The summed E-state index contributed by atoms with van der Waals surface area (Å²) >= 11 is 12.2. The average molecular weight is 315 g/mol. The second-order valence-electron chi connectivity index (χ2n) is 5.50. The minimum absolute atomic E-state index is 0.366. The van der Waals surface area contributed by atoms with Gasteiger partial charge in [-0.15, -0.1) is 0 Å². The summed E-state index contributed by atoms with van der Waals surface area (Å²) in [5.74, 6) is 0.997. The highest BCUT2D eigenvalue weighted by Gasteiger charge is 2.41. The Morgan fingerprint density at radius 1 is 1.30 bits per heavy atom. The van der Waals surface area contributed by atoms with Gasteiger partial charge in [-0.05, 0) is 12.1 Å². The molecule has 0 aliphatic carbocycles. The molecule has 1 aromatic carbocycles. The lowest BCUT2D eigenvalue weighted by atomic mass is 9.83. The third-order valence-electron chi connectivity index (χ3n) is 4.36. The number of benzene rings is 1. The Balaban J connectivity index is 2.03. The van der Waals surface area contributed by atoms with Crippen molar-refractivity contribution in [1.29, 1.82) is 0 Å². The van der Waals surface area contributed by atoms with Crippen molar-refractivity contribution in [2.75, 3.05) is 20.2 Å². The number of halogens is 2. The quantitative estimate of drug-likeness (QED) is 0.875. The summed E-state index contributed by atoms with van der Waals surface area (Å²) in [5.41, 5.74) is 1.86. The van der Waals surface area contributed by atoms with E-state index in [0.29, 0.717) is 21.7 Å². The van der Waals surface area contributed by atoms with Gasteiger partial charge in [-0.3, -0.25) is 0 Å². The maximum atomic E-state index is 10.4. The Bertz CT molecular complexity index is 547. The van der Waals surface area contributed by atoms with E-state index < -0.39 is 0 Å². The molecule has 0 spiro atoms. The minimum atomic E-state index is -0.366. The van der Waals surface area contributed by atoms with Crippen LogP contribution in [0.1, 0.15) is 18.4 Å². The van der Waals surface area contributed by atoms with Crippen LogP contribution in [0.2, 0.25) is 10.0 Å². The summed E-state index contributed by atoms with van der Waals surface area (Å²) in [5, 5.41) is 11.5. The average Bonchev–Trinajstić information content (AvgIpc) is 2.43. The highest BCUT2D eigenvalue weighted by atomic mass is 35.5. The summed E-state index contributed by atoms with van der Waals surface area (Å²) in [6, 6.07) is 3.50. The molecule has 3 fully saturated rings. The zero-order valence-corrected chi connectivity index (χ0v) is 12.8. The number of quaternary nitrogens is 1. The molecule has 0 saturated carbocycles. The molecular formula is C15H18Cl2NO2+. The molecule has 3 heterocycles. The van der Waals surface area contributed by atoms with Crippen molar-refractivity contribution in [3.63, 3.8) is 0 Å². The lowest BCUT2D eigenvalue weighted by Gasteiger charge is -2.41. The second kappa shape index (κ2) is 5.57. The van der Waals surface area contributed by atoms with E-state index in [4.69, 9.17) is 27.9 Å². The van der Waals surface area contributed by atoms with Crippen molar-refractivity contribution in [2.45, 2.75) is 18.9 Å². The fraction of sp³-hybridized carbons (Fsp3) is 0.467. The zero-order chi connectivity index (χ0) is 14.3. The molecule has 0 amide bonds. The van der Waals surface area contributed by atoms with E-state index in [9.17, 15) is 5.11 Å². The van der Waals surface area contributed by atoms with Gasteiger partial charge in [0.2, 0.25) is 0 Å². The van der Waals surface area contributed by atoms with Crippen LogP contribution in [0.5, 0.6) is 5.75 Å². The molecule has 0 unspecified atom stereocenters. The molecule has 0 radical (unpaired) electrons. The second-order valence-corrected chi connectivity index (χ2v) is 6.34. The molecule has 3 nitrogen and oxygen atoms in total. The molecule has 2 bridgehead atoms. The highest BCUT2D eigenvalue weighted by Crippen LogP contribution is 2.34. The Labute approximate surface area is 128 Å². The van der Waals surface area contributed by atoms with Crippen LogP contribution in [0.25, 0.3) is 6.08 Å². The summed E-state index contributed by atoms with van der Waals surface area (Å²) in [6.45, 7) is 2.17. The third-order valence-corrected chi connectivity index (χ3v) is 4.86. The molecule has 0 aromatic heterocycles. The number of nitrogens with one attached hydrogen (secondary N) is 1. The van der Waals surface area contributed by atoms with Crippen molar-refractivity contribution >= 4 is 29.3 Å². The molecule has 4 rings (SSSR count). The van der Waals surface area contributed by atoms with Crippen LogP contribution in [0.4, 0.5) is 0 Å². The van der Waals surface area contributed by atoms with E-state index in [1.165, 1.54) is 4.90 Å². The van der Waals surface area contributed by atoms with E-state index in [1.807, 2.05) is 12.1 Å². The molecule has 5 heteroatoms. The Morgan fingerprint density at radius 2 is 2.00 bits per heavy atom. The van der Waals surface area contributed by atoms with Gasteiger partial charge in [0.25, 0.3) is 0 Å². The van der Waals surface area contributed by atoms with E-state index in [-0.39, 0.29) is 6.10 Å². The highest BCUT2D eigenvalue weighted by molar-refractivity contribution is 6.35. The van der Waals surface area contributed by atoms with Gasteiger partial charge in [0, 0.05) is 35.4 Å². The van der Waals surface area contributed by atoms with Crippen LogP contribution in [-0.2, 0) is 0 Å². The van der Waals surface area contributed by atoms with Crippen LogP contribution in [0, 0.1) is 5.92 Å². The van der Waals surface area contributed by atoms with Crippen LogP contribution >= 0.6 is 23.2 Å². The number of hydrogen-bond acceptors (Lipinski definition) is 2. The van der Waals surface area contributed by atoms with E-state index in [0.717, 1.165) is 37.2 Å². The summed E-state index contributed by atoms with van der Waals surface area (Å²) in [6.07, 6.45) is 3.82. The minimum Gasteiger partial charge on any atom is -0.495 e. The van der Waals surface area contributed by atoms with Crippen molar-refractivity contribution < 1.29 is 14.7 Å². The predicted octanol–water partition coefficient (Wildman–Crippen LogP) is 2.01. The first-order valence-electron chi connectivity index (χ1n) is 6.88. The normalized spacial score (nSPS) is 30.8. The van der Waals surface area contributed by atoms with Crippen LogP contribution in [-0.4, -0.2) is 31.4 Å². The number of aliphatic hydroxyl groups excluding tert-OH is 1. The SMILES string of the molecule is COc1c(Cl)cc(Cl)cc1/C=C1/[C@H](O)C2CC[NH+]1CC2. The number of fused-ring (bicyclic) bond motifs is 3. The number of methoxy groups -OCH3 is 1. The largest absolute Gasteiger partial charge is 0.495 e. The van der Waals surface area contributed by atoms with Gasteiger partial charge in [0.15, 0.2) is 0 Å². The first kappa shape index (κ1) is 14.2. The molecule has 3 aliphatic rings. The third kappa shape index (κ3) is 2.44. The van der Waals surface area contributed by atoms with Crippen LogP contribution in [0.3, 0.4) is 0 Å². The fourth-order valence-corrected chi connectivity index (χ4v) is 3.90. The molecular weight excluding hydrogens is 297 g/mol. The van der Waals surface area contributed by atoms with Gasteiger partial charge in [0.05, 0.1) is 25.2 Å². The molecule has 1 atom stereocenters. The summed E-state index contributed by atoms with van der Waals surface area (Å²) in [7, 11) is 1.59. The van der Waals surface area contributed by atoms with Gasteiger partial charge in [-0.1, -0.05) is 23.2 Å². The number of aliphatic hydroxyl groups is 1. The zero-order valence-electron chi connectivity index (χ0n) is 11.3. The van der Waals surface area contributed by atoms with Crippen molar-refractivity contribution in [1.82, 2.24) is 0 Å². The Kier molecular flexibility index (Phi) is 3.95. The lowest BCUT2D eigenvalue weighted by molar-refractivity contribution is -0.880. The number of piperidine rings is 3. The number of rotatable bonds is 2. The van der Waals surface area contributed by atoms with E-state index in [2.05, 4.69) is 0 Å². The smallest absolute Gasteiger partial charge is 0.144 e. The van der Waals surface area contributed by atoms with Crippen LogP contribution < -0.4 is 9.64 Å². The van der Waals surface area contributed by atoms with Crippen molar-refractivity contribution in [3.8, 4) is 5.75 Å². The molecule has 108 valence electrons. The predicted molar refractivity (Wildman–Crippen MR) is 80.4 cm³/mol. The summed E-state index contributed by atoms with van der Waals surface area (Å²) < 4.78 is 5.36. The molecule has 3 saturated heterocycles. The number of hydrogen-bond donors (Lipinski definition) is 2. The molecule has 2 N–H and O–H groups in total. The van der Waals surface area contributed by atoms with Crippen molar-refractivity contribution in [3.05, 3.63) is 33.4 Å². The van der Waals surface area contributed by atoms with E-state index in [1.54, 1.807) is 13.2 Å². The molecule has 3 aliphatic heterocycles. The Morgan fingerprint density at radius 3 is 2.60 bits per heavy atom. The van der Waals surface area contributed by atoms with Crippen LogP contribution in [0.15, 0.2) is 17.8 Å². The summed E-state index contributed by atoms with van der Waals surface area (Å²) in [4.78, 5) is 1.36. The molecule has 20 heavy (non-hydrogen) atoms. The van der Waals surface area contributed by atoms with Crippen molar-refractivity contribution in [2.24, 2.45) is 5.92 Å². The lowest BCUT2D eigenvalue weighted by Crippen LogP contribution is -3.14. The van der Waals surface area contributed by atoms with Gasteiger partial charge in [0.1, 0.15) is 17.6 Å². The number of ether oxygens (including phenoxy) is 1.